The van der Waals surface area contributed by atoms with Gasteiger partial charge in [-0.1, -0.05) is 53.9 Å². The lowest BCUT2D eigenvalue weighted by Gasteiger charge is -2.25. The van der Waals surface area contributed by atoms with Crippen molar-refractivity contribution in [2.24, 2.45) is 4.99 Å². The summed E-state index contributed by atoms with van der Waals surface area (Å²) in [7, 11) is 1.67. The fraction of sp³-hybridized carbons (Fsp3) is 0.333. The molecule has 1 atom stereocenters. The number of benzene rings is 2. The number of methoxy groups -OCH3 is 1. The Morgan fingerprint density at radius 3 is 2.89 bits per heavy atom. The first-order valence-electron chi connectivity index (χ1n) is 9.10. The van der Waals surface area contributed by atoms with Crippen molar-refractivity contribution in [3.8, 4) is 5.75 Å². The van der Waals surface area contributed by atoms with Gasteiger partial charge >= 0.3 is 0 Å². The van der Waals surface area contributed by atoms with E-state index in [1.807, 2.05) is 35.2 Å². The summed E-state index contributed by atoms with van der Waals surface area (Å²) in [5.41, 5.74) is 3.48. The molecule has 0 aliphatic carbocycles. The van der Waals surface area contributed by atoms with Crippen molar-refractivity contribution < 1.29 is 9.53 Å². The van der Waals surface area contributed by atoms with E-state index >= 15 is 0 Å². The summed E-state index contributed by atoms with van der Waals surface area (Å²) in [6.45, 7) is 0.832. The largest absolute Gasteiger partial charge is 0.497 e. The third kappa shape index (κ3) is 4.17. The van der Waals surface area contributed by atoms with Gasteiger partial charge in [-0.25, -0.2) is 4.99 Å². The molecule has 0 bridgehead atoms. The van der Waals surface area contributed by atoms with E-state index in [1.165, 1.54) is 11.1 Å². The highest BCUT2D eigenvalue weighted by atomic mass is 32.2. The molecule has 6 heteroatoms. The van der Waals surface area contributed by atoms with Gasteiger partial charge in [0.05, 0.1) is 24.6 Å². The van der Waals surface area contributed by atoms with Gasteiger partial charge in [0, 0.05) is 12.3 Å². The van der Waals surface area contributed by atoms with Crippen LogP contribution in [0.25, 0.3) is 0 Å². The molecule has 4 nitrogen and oxygen atoms in total. The second kappa shape index (κ2) is 8.40. The monoisotopic (exact) mass is 398 g/mol. The molecule has 2 aliphatic rings. The third-order valence-corrected chi connectivity index (χ3v) is 7.18. The second-order valence-corrected chi connectivity index (χ2v) is 8.79. The van der Waals surface area contributed by atoms with Gasteiger partial charge in [-0.05, 0) is 42.2 Å². The topological polar surface area (TPSA) is 41.9 Å². The molecular weight excluding hydrogens is 376 g/mol. The van der Waals surface area contributed by atoms with Crippen LogP contribution in [0.2, 0.25) is 0 Å². The van der Waals surface area contributed by atoms with Gasteiger partial charge in [0.25, 0.3) is 0 Å². The summed E-state index contributed by atoms with van der Waals surface area (Å²) >= 11 is 3.28. The summed E-state index contributed by atoms with van der Waals surface area (Å²) in [5, 5.41) is 0. The maximum absolute atomic E-state index is 12.9. The standard InChI is InChI=1S/C21H22N2O2S2/c1-25-17-10-8-15(9-11-17)19-7-4-12-23(19)20(24)14-27-21-22-18-6-3-2-5-16(18)13-26-21/h2-3,5-6,8-11,19H,4,7,12-14H2,1H3. The highest BCUT2D eigenvalue weighted by molar-refractivity contribution is 8.38. The number of carbonyl (C=O) groups excluding carboxylic acids is 1. The van der Waals surface area contributed by atoms with E-state index < -0.39 is 0 Å². The molecule has 1 saturated heterocycles. The predicted molar refractivity (Wildman–Crippen MR) is 114 cm³/mol. The van der Waals surface area contributed by atoms with Crippen LogP contribution in [0.15, 0.2) is 53.5 Å². The van der Waals surface area contributed by atoms with Gasteiger partial charge in [-0.3, -0.25) is 4.79 Å². The van der Waals surface area contributed by atoms with Crippen LogP contribution in [0.4, 0.5) is 5.69 Å². The van der Waals surface area contributed by atoms with Crippen molar-refractivity contribution in [1.82, 2.24) is 4.90 Å². The number of aliphatic imine (C=N–C) groups is 1. The Morgan fingerprint density at radius 1 is 1.26 bits per heavy atom. The van der Waals surface area contributed by atoms with Crippen LogP contribution in [0.3, 0.4) is 0 Å². The number of rotatable bonds is 4. The van der Waals surface area contributed by atoms with Gasteiger partial charge in [-0.2, -0.15) is 0 Å². The Bertz CT molecular complexity index is 852. The Balaban J connectivity index is 1.39. The molecule has 0 aromatic heterocycles. The first-order valence-corrected chi connectivity index (χ1v) is 11.1. The molecule has 27 heavy (non-hydrogen) atoms. The molecule has 0 radical (unpaired) electrons. The first-order chi connectivity index (χ1) is 13.2. The molecule has 2 aromatic rings. The van der Waals surface area contributed by atoms with E-state index in [2.05, 4.69) is 18.2 Å². The molecule has 1 fully saturated rings. The minimum atomic E-state index is 0.172. The van der Waals surface area contributed by atoms with Crippen LogP contribution in [0.1, 0.15) is 30.0 Å². The van der Waals surface area contributed by atoms with Crippen molar-refractivity contribution in [2.45, 2.75) is 24.6 Å². The van der Waals surface area contributed by atoms with Crippen molar-refractivity contribution in [3.05, 3.63) is 59.7 Å². The fourth-order valence-electron chi connectivity index (χ4n) is 3.53. The van der Waals surface area contributed by atoms with Crippen LogP contribution in [-0.2, 0) is 10.5 Å². The van der Waals surface area contributed by atoms with E-state index in [9.17, 15) is 4.79 Å². The maximum atomic E-state index is 12.9. The third-order valence-electron chi connectivity index (χ3n) is 4.95. The summed E-state index contributed by atoms with van der Waals surface area (Å²) in [6.07, 6.45) is 2.07. The van der Waals surface area contributed by atoms with Gasteiger partial charge in [0.15, 0.2) is 0 Å². The number of nitrogens with zero attached hydrogens (tertiary/aromatic N) is 2. The number of ether oxygens (including phenoxy) is 1. The highest BCUT2D eigenvalue weighted by Gasteiger charge is 2.30. The Labute approximate surface area is 168 Å². The maximum Gasteiger partial charge on any atom is 0.233 e. The van der Waals surface area contributed by atoms with E-state index in [0.717, 1.165) is 41.0 Å². The molecule has 0 saturated carbocycles. The predicted octanol–water partition coefficient (Wildman–Crippen LogP) is 5.03. The number of hydrogen-bond donors (Lipinski definition) is 0. The lowest BCUT2D eigenvalue weighted by atomic mass is 10.0. The fourth-order valence-corrected chi connectivity index (χ4v) is 5.48. The molecular formula is C21H22N2O2S2. The zero-order valence-electron chi connectivity index (χ0n) is 15.3. The van der Waals surface area contributed by atoms with Crippen LogP contribution in [0, 0.1) is 0 Å². The van der Waals surface area contributed by atoms with Crippen molar-refractivity contribution >= 4 is 39.5 Å². The highest BCUT2D eigenvalue weighted by Crippen LogP contribution is 2.36. The number of fused-ring (bicyclic) bond motifs is 1. The Morgan fingerprint density at radius 2 is 2.07 bits per heavy atom. The van der Waals surface area contributed by atoms with Gasteiger partial charge in [-0.15, -0.1) is 0 Å². The normalized spacial score (nSPS) is 18.8. The molecule has 2 aromatic carbocycles. The molecule has 1 amide bonds. The first kappa shape index (κ1) is 18.4. The molecule has 2 aliphatic heterocycles. The minimum absolute atomic E-state index is 0.172. The number of hydrogen-bond acceptors (Lipinski definition) is 5. The molecule has 0 spiro atoms. The molecule has 0 N–H and O–H groups in total. The van der Waals surface area contributed by atoms with Crippen molar-refractivity contribution in [1.29, 1.82) is 0 Å². The smallest absolute Gasteiger partial charge is 0.233 e. The van der Waals surface area contributed by atoms with Gasteiger partial charge < -0.3 is 9.64 Å². The quantitative estimate of drug-likeness (QED) is 0.725. The van der Waals surface area contributed by atoms with Crippen LogP contribution in [0.5, 0.6) is 5.75 Å². The lowest BCUT2D eigenvalue weighted by molar-refractivity contribution is -0.129. The van der Waals surface area contributed by atoms with Crippen LogP contribution < -0.4 is 4.74 Å². The van der Waals surface area contributed by atoms with Crippen LogP contribution >= 0.6 is 23.5 Å². The number of amides is 1. The van der Waals surface area contributed by atoms with Crippen molar-refractivity contribution in [3.63, 3.8) is 0 Å². The van der Waals surface area contributed by atoms with E-state index in [1.54, 1.807) is 30.6 Å². The zero-order chi connectivity index (χ0) is 18.6. The van der Waals surface area contributed by atoms with Gasteiger partial charge in [0.2, 0.25) is 5.91 Å². The summed E-state index contributed by atoms with van der Waals surface area (Å²) in [5.74, 6) is 2.41. The summed E-state index contributed by atoms with van der Waals surface area (Å²) in [6, 6.07) is 16.5. The minimum Gasteiger partial charge on any atom is -0.497 e. The van der Waals surface area contributed by atoms with E-state index in [-0.39, 0.29) is 11.9 Å². The van der Waals surface area contributed by atoms with E-state index in [0.29, 0.717) is 5.75 Å². The van der Waals surface area contributed by atoms with E-state index in [4.69, 9.17) is 9.73 Å². The average molecular weight is 399 g/mol. The molecule has 140 valence electrons. The Hall–Kier alpha value is -1.92. The zero-order valence-corrected chi connectivity index (χ0v) is 16.9. The number of likely N-dealkylation sites (tertiary alicyclic amines) is 1. The van der Waals surface area contributed by atoms with Gasteiger partial charge in [0.1, 0.15) is 10.1 Å². The molecule has 2 heterocycles. The summed E-state index contributed by atoms with van der Waals surface area (Å²) in [4.78, 5) is 19.6. The SMILES string of the molecule is COc1ccc(C2CCCN2C(=O)CSC2=Nc3ccccc3CS2)cc1. The summed E-state index contributed by atoms with van der Waals surface area (Å²) < 4.78 is 6.23. The van der Waals surface area contributed by atoms with Crippen molar-refractivity contribution in [2.75, 3.05) is 19.4 Å². The molecule has 1 unspecified atom stereocenters. The lowest BCUT2D eigenvalue weighted by Crippen LogP contribution is -2.32. The Kier molecular flexibility index (Phi) is 5.74. The average Bonchev–Trinajstić information content (AvgIpc) is 3.22. The number of para-hydroxylation sites is 1. The molecule has 4 rings (SSSR count). The van der Waals surface area contributed by atoms with Crippen LogP contribution in [-0.4, -0.2) is 34.6 Å². The number of thioether (sulfide) groups is 2. The number of carbonyl (C=O) groups is 1. The second-order valence-electron chi connectivity index (χ2n) is 6.60.